The molecule has 0 aliphatic heterocycles. The molecule has 18 heavy (non-hydrogen) atoms. The van der Waals surface area contributed by atoms with Crippen LogP contribution in [0.3, 0.4) is 0 Å². The maximum atomic E-state index is 5.27. The molecule has 0 unspecified atom stereocenters. The summed E-state index contributed by atoms with van der Waals surface area (Å²) in [5.74, 6) is 1.64. The second-order valence-corrected chi connectivity index (χ2v) is 4.52. The van der Waals surface area contributed by atoms with E-state index in [0.717, 1.165) is 29.1 Å². The predicted octanol–water partition coefficient (Wildman–Crippen LogP) is 4.69. The number of rotatable bonds is 8. The molecule has 0 heterocycles. The van der Waals surface area contributed by atoms with Crippen LogP contribution in [0.25, 0.3) is 5.57 Å². The maximum Gasteiger partial charge on any atom is 0.123 e. The van der Waals surface area contributed by atoms with Gasteiger partial charge in [-0.15, -0.1) is 0 Å². The van der Waals surface area contributed by atoms with Crippen molar-refractivity contribution >= 4 is 5.57 Å². The zero-order valence-corrected chi connectivity index (χ0v) is 11.8. The summed E-state index contributed by atoms with van der Waals surface area (Å²) in [7, 11) is 3.34. The highest BCUT2D eigenvalue weighted by molar-refractivity contribution is 5.66. The molecule has 0 aliphatic carbocycles. The van der Waals surface area contributed by atoms with Gasteiger partial charge in [0.1, 0.15) is 11.5 Å². The number of unbranched alkanes of at least 4 members (excludes halogenated alkanes) is 3. The van der Waals surface area contributed by atoms with Gasteiger partial charge >= 0.3 is 0 Å². The Morgan fingerprint density at radius 3 is 2.11 bits per heavy atom. The molecule has 0 bridgehead atoms. The summed E-state index contributed by atoms with van der Waals surface area (Å²) in [6.07, 6.45) is 6.08. The molecule has 0 spiro atoms. The Bertz CT molecular complexity index is 360. The molecule has 0 saturated heterocycles. The third kappa shape index (κ3) is 4.44. The van der Waals surface area contributed by atoms with Crippen LogP contribution in [0.15, 0.2) is 24.8 Å². The van der Waals surface area contributed by atoms with Crippen LogP contribution in [-0.2, 0) is 0 Å². The topological polar surface area (TPSA) is 18.5 Å². The molecule has 1 aromatic carbocycles. The number of methoxy groups -OCH3 is 2. The van der Waals surface area contributed by atoms with E-state index in [1.807, 2.05) is 18.2 Å². The highest BCUT2D eigenvalue weighted by atomic mass is 16.5. The molecule has 100 valence electrons. The smallest absolute Gasteiger partial charge is 0.123 e. The molecule has 2 nitrogen and oxygen atoms in total. The van der Waals surface area contributed by atoms with E-state index in [2.05, 4.69) is 13.5 Å². The van der Waals surface area contributed by atoms with Crippen LogP contribution in [0.1, 0.15) is 44.6 Å². The highest BCUT2D eigenvalue weighted by Crippen LogP contribution is 2.28. The Morgan fingerprint density at radius 1 is 1.00 bits per heavy atom. The van der Waals surface area contributed by atoms with Gasteiger partial charge in [0.25, 0.3) is 0 Å². The molecular weight excluding hydrogens is 224 g/mol. The van der Waals surface area contributed by atoms with E-state index in [1.54, 1.807) is 14.2 Å². The first-order valence-corrected chi connectivity index (χ1v) is 6.62. The largest absolute Gasteiger partial charge is 0.497 e. The van der Waals surface area contributed by atoms with Crippen LogP contribution in [0.5, 0.6) is 11.5 Å². The maximum absolute atomic E-state index is 5.27. The van der Waals surface area contributed by atoms with Crippen LogP contribution in [0.4, 0.5) is 0 Å². The van der Waals surface area contributed by atoms with Crippen molar-refractivity contribution in [1.82, 2.24) is 0 Å². The van der Waals surface area contributed by atoms with Crippen molar-refractivity contribution in [2.45, 2.75) is 39.0 Å². The summed E-state index contributed by atoms with van der Waals surface area (Å²) in [5.41, 5.74) is 2.27. The number of benzene rings is 1. The minimum absolute atomic E-state index is 0.819. The fraction of sp³-hybridized carbons (Fsp3) is 0.500. The van der Waals surface area contributed by atoms with Crippen LogP contribution in [0, 0.1) is 0 Å². The van der Waals surface area contributed by atoms with Gasteiger partial charge < -0.3 is 9.47 Å². The minimum atomic E-state index is 0.819. The highest BCUT2D eigenvalue weighted by Gasteiger charge is 2.05. The molecule has 2 heteroatoms. The lowest BCUT2D eigenvalue weighted by atomic mass is 10.0. The molecule has 1 aromatic rings. The van der Waals surface area contributed by atoms with Gasteiger partial charge in [-0.3, -0.25) is 0 Å². The Kier molecular flexibility index (Phi) is 6.34. The SMILES string of the molecule is C=C(CCCCCC)c1cc(OC)cc(OC)c1. The third-order valence-electron chi connectivity index (χ3n) is 3.09. The van der Waals surface area contributed by atoms with Crippen LogP contribution >= 0.6 is 0 Å². The Balaban J connectivity index is 2.66. The van der Waals surface area contributed by atoms with E-state index in [-0.39, 0.29) is 0 Å². The van der Waals surface area contributed by atoms with Crippen molar-refractivity contribution in [2.75, 3.05) is 14.2 Å². The molecule has 0 amide bonds. The van der Waals surface area contributed by atoms with Gasteiger partial charge in [-0.25, -0.2) is 0 Å². The summed E-state index contributed by atoms with van der Waals surface area (Å²) >= 11 is 0. The Hall–Kier alpha value is -1.44. The summed E-state index contributed by atoms with van der Waals surface area (Å²) in [5, 5.41) is 0. The van der Waals surface area contributed by atoms with Crippen molar-refractivity contribution in [1.29, 1.82) is 0 Å². The number of ether oxygens (including phenoxy) is 2. The molecule has 0 N–H and O–H groups in total. The molecule has 0 atom stereocenters. The number of allylic oxidation sites excluding steroid dienone is 1. The van der Waals surface area contributed by atoms with E-state index in [0.29, 0.717) is 0 Å². The lowest BCUT2D eigenvalue weighted by molar-refractivity contribution is 0.394. The Morgan fingerprint density at radius 2 is 1.61 bits per heavy atom. The van der Waals surface area contributed by atoms with Crippen molar-refractivity contribution in [3.05, 3.63) is 30.3 Å². The van der Waals surface area contributed by atoms with Crippen molar-refractivity contribution < 1.29 is 9.47 Å². The first-order chi connectivity index (χ1) is 8.71. The van der Waals surface area contributed by atoms with E-state index in [1.165, 1.54) is 25.7 Å². The standard InChI is InChI=1S/C16H24O2/c1-5-6-7-8-9-13(2)14-10-15(17-3)12-16(11-14)18-4/h10-12H,2,5-9H2,1,3-4H3. The van der Waals surface area contributed by atoms with Gasteiger partial charge in [-0.05, 0) is 36.1 Å². The quantitative estimate of drug-likeness (QED) is 0.621. The zero-order valence-electron chi connectivity index (χ0n) is 11.8. The summed E-state index contributed by atoms with van der Waals surface area (Å²) < 4.78 is 10.5. The first kappa shape index (κ1) is 14.6. The molecular formula is C16H24O2. The van der Waals surface area contributed by atoms with Crippen molar-refractivity contribution in [3.8, 4) is 11.5 Å². The molecule has 1 rings (SSSR count). The zero-order chi connectivity index (χ0) is 13.4. The van der Waals surface area contributed by atoms with Gasteiger partial charge in [0.05, 0.1) is 14.2 Å². The van der Waals surface area contributed by atoms with Crippen molar-refractivity contribution in [2.24, 2.45) is 0 Å². The monoisotopic (exact) mass is 248 g/mol. The summed E-state index contributed by atoms with van der Waals surface area (Å²) in [6.45, 7) is 6.39. The normalized spacial score (nSPS) is 10.2. The van der Waals surface area contributed by atoms with Crippen LogP contribution in [-0.4, -0.2) is 14.2 Å². The lowest BCUT2D eigenvalue weighted by Crippen LogP contribution is -1.91. The van der Waals surface area contributed by atoms with E-state index < -0.39 is 0 Å². The van der Waals surface area contributed by atoms with Gasteiger partial charge in [0.2, 0.25) is 0 Å². The fourth-order valence-corrected chi connectivity index (χ4v) is 1.92. The van der Waals surface area contributed by atoms with Gasteiger partial charge in [0, 0.05) is 6.07 Å². The fourth-order valence-electron chi connectivity index (χ4n) is 1.92. The second-order valence-electron chi connectivity index (χ2n) is 4.52. The number of hydrogen-bond donors (Lipinski definition) is 0. The Labute approximate surface area is 111 Å². The van der Waals surface area contributed by atoms with Crippen LogP contribution in [0.2, 0.25) is 0 Å². The summed E-state index contributed by atoms with van der Waals surface area (Å²) in [4.78, 5) is 0. The molecule has 0 fully saturated rings. The van der Waals surface area contributed by atoms with Crippen molar-refractivity contribution in [3.63, 3.8) is 0 Å². The second kappa shape index (κ2) is 7.80. The molecule has 0 aliphatic rings. The number of hydrogen-bond acceptors (Lipinski definition) is 2. The van der Waals surface area contributed by atoms with E-state index in [4.69, 9.17) is 9.47 Å². The van der Waals surface area contributed by atoms with Gasteiger partial charge in [-0.2, -0.15) is 0 Å². The average Bonchev–Trinajstić information content (AvgIpc) is 2.42. The predicted molar refractivity (Wildman–Crippen MR) is 77.3 cm³/mol. The summed E-state index contributed by atoms with van der Waals surface area (Å²) in [6, 6.07) is 5.92. The molecule has 0 aromatic heterocycles. The van der Waals surface area contributed by atoms with E-state index >= 15 is 0 Å². The molecule has 0 radical (unpaired) electrons. The lowest BCUT2D eigenvalue weighted by Gasteiger charge is -2.10. The average molecular weight is 248 g/mol. The third-order valence-corrected chi connectivity index (χ3v) is 3.09. The molecule has 0 saturated carbocycles. The van der Waals surface area contributed by atoms with Crippen LogP contribution < -0.4 is 9.47 Å². The minimum Gasteiger partial charge on any atom is -0.497 e. The van der Waals surface area contributed by atoms with Gasteiger partial charge in [0.15, 0.2) is 0 Å². The van der Waals surface area contributed by atoms with Gasteiger partial charge in [-0.1, -0.05) is 32.8 Å². The first-order valence-electron chi connectivity index (χ1n) is 6.62. The van der Waals surface area contributed by atoms with E-state index in [9.17, 15) is 0 Å².